The Labute approximate surface area is 215 Å². The minimum atomic E-state index is -1.22. The Morgan fingerprint density at radius 2 is 1.95 bits per heavy atom. The van der Waals surface area contributed by atoms with Gasteiger partial charge in [-0.05, 0) is 64.8 Å². The third-order valence-electron chi connectivity index (χ3n) is 6.71. The monoisotopic (exact) mass is 505 g/mol. The van der Waals surface area contributed by atoms with Gasteiger partial charge in [0.1, 0.15) is 23.2 Å². The average Bonchev–Trinajstić information content (AvgIpc) is 3.21. The number of pyridine rings is 1. The van der Waals surface area contributed by atoms with Crippen LogP contribution in [0.5, 0.6) is 11.6 Å². The van der Waals surface area contributed by atoms with Crippen molar-refractivity contribution in [3.63, 3.8) is 0 Å². The molecule has 1 saturated heterocycles. The van der Waals surface area contributed by atoms with E-state index in [1.54, 1.807) is 28.9 Å². The zero-order chi connectivity index (χ0) is 26.5. The fourth-order valence-electron chi connectivity index (χ4n) is 5.18. The van der Waals surface area contributed by atoms with Crippen molar-refractivity contribution >= 4 is 5.65 Å². The fourth-order valence-corrected chi connectivity index (χ4v) is 5.18. The largest absolute Gasteiger partial charge is 0.506 e. The molecule has 194 valence electrons. The van der Waals surface area contributed by atoms with Gasteiger partial charge in [0.15, 0.2) is 11.8 Å². The minimum Gasteiger partial charge on any atom is -0.506 e. The van der Waals surface area contributed by atoms with Gasteiger partial charge in [-0.1, -0.05) is 6.92 Å². The topological polar surface area (TPSA) is 110 Å². The quantitative estimate of drug-likeness (QED) is 0.409. The molecule has 9 nitrogen and oxygen atoms in total. The van der Waals surface area contributed by atoms with E-state index in [9.17, 15) is 5.11 Å². The maximum Gasteiger partial charge on any atom is 0.233 e. The molecular weight excluding hydrogens is 473 g/mol. The molecule has 5 rings (SSSR count). The highest BCUT2D eigenvalue weighted by atomic mass is 19.1. The number of piperidine rings is 1. The van der Waals surface area contributed by atoms with Gasteiger partial charge in [-0.3, -0.25) is 0 Å². The van der Waals surface area contributed by atoms with E-state index < -0.39 is 17.8 Å². The molecule has 0 spiro atoms. The summed E-state index contributed by atoms with van der Waals surface area (Å²) < 4.78 is 22.7. The molecule has 10 heteroatoms. The van der Waals surface area contributed by atoms with Gasteiger partial charge in [0.25, 0.3) is 0 Å². The van der Waals surface area contributed by atoms with Gasteiger partial charge in [-0.25, -0.2) is 18.9 Å². The molecule has 1 fully saturated rings. The van der Waals surface area contributed by atoms with Crippen LogP contribution in [0.15, 0.2) is 36.7 Å². The summed E-state index contributed by atoms with van der Waals surface area (Å²) in [5.74, 6) is 0.175. The molecule has 0 amide bonds. The number of aryl methyl sites for hydroxylation is 2. The van der Waals surface area contributed by atoms with Crippen LogP contribution in [0.2, 0.25) is 0 Å². The molecule has 0 aliphatic carbocycles. The summed E-state index contributed by atoms with van der Waals surface area (Å²) >= 11 is 0. The van der Waals surface area contributed by atoms with Crippen LogP contribution in [0, 0.1) is 6.92 Å². The Bertz CT molecular complexity index is 1450. The number of hydrogen-bond donors (Lipinski definition) is 2. The third-order valence-corrected chi connectivity index (χ3v) is 6.71. The highest BCUT2D eigenvalue weighted by molar-refractivity contribution is 5.69. The molecule has 5 heterocycles. The number of nitrogens with zero attached hydrogens (tertiary/aromatic N) is 6. The lowest BCUT2D eigenvalue weighted by Gasteiger charge is -2.48. The van der Waals surface area contributed by atoms with E-state index >= 15 is 4.39 Å². The second-order valence-electron chi connectivity index (χ2n) is 10.9. The van der Waals surface area contributed by atoms with Crippen LogP contribution in [-0.4, -0.2) is 58.2 Å². The number of imidazole rings is 1. The fraction of sp³-hybridized carbons (Fsp3) is 0.444. The van der Waals surface area contributed by atoms with Gasteiger partial charge < -0.3 is 15.2 Å². The molecule has 4 aromatic rings. The lowest BCUT2D eigenvalue weighted by atomic mass is 9.79. The second kappa shape index (κ2) is 9.02. The van der Waals surface area contributed by atoms with Crippen LogP contribution in [0.3, 0.4) is 0 Å². The number of aromatic nitrogens is 6. The molecule has 37 heavy (non-hydrogen) atoms. The van der Waals surface area contributed by atoms with Gasteiger partial charge in [-0.2, -0.15) is 5.10 Å². The number of hydrogen-bond acceptors (Lipinski definition) is 8. The van der Waals surface area contributed by atoms with Gasteiger partial charge in [0.05, 0.1) is 17.6 Å². The minimum absolute atomic E-state index is 0.0482. The van der Waals surface area contributed by atoms with E-state index in [0.29, 0.717) is 23.4 Å². The van der Waals surface area contributed by atoms with Crippen LogP contribution in [0.1, 0.15) is 52.3 Å². The maximum absolute atomic E-state index is 15.1. The number of nitrogens with one attached hydrogen (secondary N) is 1. The molecule has 4 aromatic heterocycles. The summed E-state index contributed by atoms with van der Waals surface area (Å²) in [7, 11) is 0. The molecule has 1 aliphatic rings. The van der Waals surface area contributed by atoms with Gasteiger partial charge in [-0.15, -0.1) is 10.2 Å². The van der Waals surface area contributed by atoms with Crippen molar-refractivity contribution in [3.8, 4) is 34.3 Å². The van der Waals surface area contributed by atoms with Gasteiger partial charge in [0, 0.05) is 35.3 Å². The highest BCUT2D eigenvalue weighted by Crippen LogP contribution is 2.34. The SMILES string of the molecule is CCc1cc(-c2cnc(-c3ccc(O[C@H]4CC(C)(C)NC(C)(C)[C@H]4F)nn3)c(O)c2)nn2cc(C)nc12. The predicted molar refractivity (Wildman–Crippen MR) is 138 cm³/mol. The lowest BCUT2D eigenvalue weighted by molar-refractivity contribution is -0.0281. The van der Waals surface area contributed by atoms with Crippen molar-refractivity contribution in [2.75, 3.05) is 0 Å². The van der Waals surface area contributed by atoms with Crippen molar-refractivity contribution in [1.82, 2.24) is 35.1 Å². The van der Waals surface area contributed by atoms with Gasteiger partial charge >= 0.3 is 0 Å². The van der Waals surface area contributed by atoms with E-state index in [0.717, 1.165) is 23.3 Å². The number of aromatic hydroxyl groups is 1. The first-order chi connectivity index (χ1) is 17.5. The maximum atomic E-state index is 15.1. The lowest BCUT2D eigenvalue weighted by Crippen LogP contribution is -2.66. The number of halogens is 1. The Morgan fingerprint density at radius 3 is 2.62 bits per heavy atom. The van der Waals surface area contributed by atoms with E-state index in [1.165, 1.54) is 0 Å². The van der Waals surface area contributed by atoms with E-state index in [4.69, 9.17) is 4.74 Å². The first kappa shape index (κ1) is 25.0. The van der Waals surface area contributed by atoms with Gasteiger partial charge in [0.2, 0.25) is 5.88 Å². The summed E-state index contributed by atoms with van der Waals surface area (Å²) in [6, 6.07) is 6.85. The number of rotatable bonds is 5. The van der Waals surface area contributed by atoms with Crippen LogP contribution < -0.4 is 10.1 Å². The highest BCUT2D eigenvalue weighted by Gasteiger charge is 2.47. The molecule has 2 N–H and O–H groups in total. The molecule has 0 aromatic carbocycles. The van der Waals surface area contributed by atoms with E-state index in [2.05, 4.69) is 37.5 Å². The van der Waals surface area contributed by atoms with Crippen molar-refractivity contribution in [2.45, 2.75) is 77.7 Å². The molecule has 0 unspecified atom stereocenters. The Balaban J connectivity index is 1.38. The Kier molecular flexibility index (Phi) is 6.10. The summed E-state index contributed by atoms with van der Waals surface area (Å²) in [6.07, 6.45) is 2.93. The summed E-state index contributed by atoms with van der Waals surface area (Å²) in [4.78, 5) is 8.97. The molecule has 0 bridgehead atoms. The molecule has 0 radical (unpaired) electrons. The van der Waals surface area contributed by atoms with Crippen LogP contribution in [0.4, 0.5) is 4.39 Å². The number of alkyl halides is 1. The average molecular weight is 506 g/mol. The zero-order valence-corrected chi connectivity index (χ0v) is 21.9. The van der Waals surface area contributed by atoms with E-state index in [-0.39, 0.29) is 22.9 Å². The van der Waals surface area contributed by atoms with Crippen LogP contribution in [-0.2, 0) is 6.42 Å². The van der Waals surface area contributed by atoms with E-state index in [1.807, 2.05) is 46.9 Å². The molecular formula is C27H32FN7O2. The molecule has 1 aliphatic heterocycles. The summed E-state index contributed by atoms with van der Waals surface area (Å²) in [5, 5.41) is 27.0. The van der Waals surface area contributed by atoms with Crippen molar-refractivity contribution in [1.29, 1.82) is 0 Å². The third kappa shape index (κ3) is 4.85. The first-order valence-corrected chi connectivity index (χ1v) is 12.5. The van der Waals surface area contributed by atoms with Crippen LogP contribution >= 0.6 is 0 Å². The summed E-state index contributed by atoms with van der Waals surface area (Å²) in [6.45, 7) is 11.7. The van der Waals surface area contributed by atoms with Crippen molar-refractivity contribution in [3.05, 3.63) is 47.9 Å². The standard InChI is InChI=1S/C27H32FN7O2/c1-7-16-10-19(33-35-14-15(2)30-25(16)35)17-11-20(36)23(29-13-17)18-8-9-22(32-31-18)37-21-12-26(3,4)34-27(5,6)24(21)28/h8-11,13-14,21,24,34,36H,7,12H2,1-6H3/t21-,24-/m0/s1. The second-order valence-corrected chi connectivity index (χ2v) is 10.9. The predicted octanol–water partition coefficient (Wildman–Crippen LogP) is 4.46. The first-order valence-electron chi connectivity index (χ1n) is 12.5. The van der Waals surface area contributed by atoms with Crippen molar-refractivity contribution in [2.24, 2.45) is 0 Å². The molecule has 2 atom stereocenters. The Morgan fingerprint density at radius 1 is 1.16 bits per heavy atom. The zero-order valence-electron chi connectivity index (χ0n) is 21.9. The molecule has 0 saturated carbocycles. The van der Waals surface area contributed by atoms with Crippen LogP contribution in [0.25, 0.3) is 28.3 Å². The number of ether oxygens (including phenoxy) is 1. The summed E-state index contributed by atoms with van der Waals surface area (Å²) in [5.41, 5.74) is 3.76. The normalized spacial score (nSPS) is 20.7. The van der Waals surface area contributed by atoms with Crippen molar-refractivity contribution < 1.29 is 14.2 Å². The Hall–Kier alpha value is -3.66. The number of fused-ring (bicyclic) bond motifs is 1. The smallest absolute Gasteiger partial charge is 0.233 e.